The molecule has 0 atom stereocenters. The molecule has 0 saturated carbocycles. The smallest absolute Gasteiger partial charge is 0.337 e. The highest BCUT2D eigenvalue weighted by Gasteiger charge is 2.18. The number of aromatic carboxylic acids is 1. The van der Waals surface area contributed by atoms with Gasteiger partial charge < -0.3 is 20.1 Å². The van der Waals surface area contributed by atoms with E-state index in [1.54, 1.807) is 18.2 Å². The van der Waals surface area contributed by atoms with Gasteiger partial charge in [-0.15, -0.1) is 0 Å². The molecule has 1 aliphatic heterocycles. The van der Waals surface area contributed by atoms with Gasteiger partial charge in [0.25, 0.3) is 15.9 Å². The third kappa shape index (κ3) is 5.99. The fourth-order valence-corrected chi connectivity index (χ4v) is 4.98. The quantitative estimate of drug-likeness (QED) is 0.399. The number of hydrogen-bond acceptors (Lipinski definition) is 6. The SMILES string of the molecule is O=C(Nc1ccc(Br)cc1C(=O)O)c1ccc(S(=O)(=O)Nc2ccc(N3CCOCC3)cc2)cc1. The topological polar surface area (TPSA) is 125 Å². The molecule has 1 amide bonds. The van der Waals surface area contributed by atoms with Gasteiger partial charge in [-0.3, -0.25) is 9.52 Å². The molecular formula is C24H22BrN3O6S. The predicted molar refractivity (Wildman–Crippen MR) is 136 cm³/mol. The molecule has 0 aliphatic carbocycles. The van der Waals surface area contributed by atoms with Gasteiger partial charge in [0.05, 0.1) is 29.4 Å². The van der Waals surface area contributed by atoms with Crippen LogP contribution in [0.5, 0.6) is 0 Å². The van der Waals surface area contributed by atoms with E-state index in [9.17, 15) is 23.1 Å². The van der Waals surface area contributed by atoms with Crippen molar-refractivity contribution in [3.8, 4) is 0 Å². The van der Waals surface area contributed by atoms with E-state index in [4.69, 9.17) is 4.74 Å². The molecule has 1 heterocycles. The first-order valence-electron chi connectivity index (χ1n) is 10.6. The number of nitrogens with one attached hydrogen (secondary N) is 2. The van der Waals surface area contributed by atoms with Crippen LogP contribution in [0.15, 0.2) is 76.1 Å². The van der Waals surface area contributed by atoms with Gasteiger partial charge in [0, 0.05) is 34.5 Å². The van der Waals surface area contributed by atoms with Crippen molar-refractivity contribution in [3.63, 3.8) is 0 Å². The van der Waals surface area contributed by atoms with Crippen LogP contribution in [0.3, 0.4) is 0 Å². The fraction of sp³-hybridized carbons (Fsp3) is 0.167. The zero-order valence-electron chi connectivity index (χ0n) is 18.4. The highest BCUT2D eigenvalue weighted by Crippen LogP contribution is 2.24. The summed E-state index contributed by atoms with van der Waals surface area (Å²) in [6, 6.07) is 16.9. The maximum Gasteiger partial charge on any atom is 0.337 e. The maximum atomic E-state index is 12.8. The molecule has 4 rings (SSSR count). The van der Waals surface area contributed by atoms with Crippen LogP contribution in [0, 0.1) is 0 Å². The molecule has 35 heavy (non-hydrogen) atoms. The molecule has 3 aromatic rings. The van der Waals surface area contributed by atoms with E-state index in [-0.39, 0.29) is 21.7 Å². The van der Waals surface area contributed by atoms with E-state index in [2.05, 4.69) is 30.9 Å². The number of sulfonamides is 1. The first kappa shape index (κ1) is 24.7. The zero-order valence-corrected chi connectivity index (χ0v) is 20.8. The molecule has 0 spiro atoms. The highest BCUT2D eigenvalue weighted by molar-refractivity contribution is 9.10. The van der Waals surface area contributed by atoms with E-state index < -0.39 is 21.9 Å². The van der Waals surface area contributed by atoms with E-state index in [0.717, 1.165) is 18.8 Å². The molecule has 11 heteroatoms. The van der Waals surface area contributed by atoms with Gasteiger partial charge in [0.15, 0.2) is 0 Å². The second-order valence-electron chi connectivity index (χ2n) is 7.73. The van der Waals surface area contributed by atoms with E-state index in [1.807, 2.05) is 12.1 Å². The Kier molecular flexibility index (Phi) is 7.39. The number of rotatable bonds is 7. The van der Waals surface area contributed by atoms with Crippen LogP contribution in [0.1, 0.15) is 20.7 Å². The standard InChI is InChI=1S/C24H22BrN3O6S/c25-17-3-10-22(21(15-17)24(30)31)26-23(29)16-1-8-20(9-2-16)35(32,33)27-18-4-6-19(7-5-18)28-11-13-34-14-12-28/h1-10,15,27H,11-14H2,(H,26,29)(H,30,31). The van der Waals surface area contributed by atoms with Gasteiger partial charge in [-0.05, 0) is 66.7 Å². The Balaban J connectivity index is 1.44. The summed E-state index contributed by atoms with van der Waals surface area (Å²) in [6.45, 7) is 2.88. The molecule has 1 aliphatic rings. The summed E-state index contributed by atoms with van der Waals surface area (Å²) in [7, 11) is -3.87. The minimum atomic E-state index is -3.87. The summed E-state index contributed by atoms with van der Waals surface area (Å²) in [5.41, 5.74) is 1.64. The molecule has 1 saturated heterocycles. The fourth-order valence-electron chi connectivity index (χ4n) is 3.56. The number of ether oxygens (including phenoxy) is 1. The van der Waals surface area contributed by atoms with Crippen molar-refractivity contribution in [1.29, 1.82) is 0 Å². The Morgan fingerprint density at radius 3 is 2.23 bits per heavy atom. The molecular weight excluding hydrogens is 538 g/mol. The molecule has 0 radical (unpaired) electrons. The molecule has 0 bridgehead atoms. The average Bonchev–Trinajstić information content (AvgIpc) is 2.86. The summed E-state index contributed by atoms with van der Waals surface area (Å²) in [5, 5.41) is 11.9. The Labute approximate surface area is 210 Å². The minimum absolute atomic E-state index is 0.0128. The monoisotopic (exact) mass is 559 g/mol. The number of carboxylic acids is 1. The second-order valence-corrected chi connectivity index (χ2v) is 10.3. The number of carbonyl (C=O) groups excluding carboxylic acids is 1. The Morgan fingerprint density at radius 2 is 1.60 bits per heavy atom. The van der Waals surface area contributed by atoms with Gasteiger partial charge in [-0.25, -0.2) is 13.2 Å². The van der Waals surface area contributed by atoms with Crippen LogP contribution >= 0.6 is 15.9 Å². The Hall–Kier alpha value is -3.41. The molecule has 1 fully saturated rings. The average molecular weight is 560 g/mol. The van der Waals surface area contributed by atoms with E-state index >= 15 is 0 Å². The molecule has 3 N–H and O–H groups in total. The van der Waals surface area contributed by atoms with Gasteiger partial charge >= 0.3 is 5.97 Å². The van der Waals surface area contributed by atoms with Crippen molar-refractivity contribution in [1.82, 2.24) is 0 Å². The van der Waals surface area contributed by atoms with Crippen molar-refractivity contribution in [3.05, 3.63) is 82.3 Å². The van der Waals surface area contributed by atoms with Crippen LogP contribution in [0.2, 0.25) is 0 Å². The van der Waals surface area contributed by atoms with Gasteiger partial charge in [-0.1, -0.05) is 15.9 Å². The van der Waals surface area contributed by atoms with Gasteiger partial charge in [-0.2, -0.15) is 0 Å². The van der Waals surface area contributed by atoms with Crippen LogP contribution in [0.25, 0.3) is 0 Å². The number of halogens is 1. The van der Waals surface area contributed by atoms with Gasteiger partial charge in [0.1, 0.15) is 0 Å². The first-order valence-corrected chi connectivity index (χ1v) is 12.9. The summed E-state index contributed by atoms with van der Waals surface area (Å²) >= 11 is 3.20. The van der Waals surface area contributed by atoms with Crippen molar-refractivity contribution in [2.24, 2.45) is 0 Å². The number of morpholine rings is 1. The number of benzene rings is 3. The maximum absolute atomic E-state index is 12.8. The van der Waals surface area contributed by atoms with Crippen molar-refractivity contribution < 1.29 is 27.9 Å². The largest absolute Gasteiger partial charge is 0.478 e. The number of hydrogen-bond donors (Lipinski definition) is 3. The number of amides is 1. The van der Waals surface area contributed by atoms with Crippen molar-refractivity contribution in [2.45, 2.75) is 4.90 Å². The number of anilines is 3. The molecule has 182 valence electrons. The lowest BCUT2D eigenvalue weighted by atomic mass is 10.1. The molecule has 9 nitrogen and oxygen atoms in total. The van der Waals surface area contributed by atoms with Crippen LogP contribution in [0.4, 0.5) is 17.1 Å². The summed E-state index contributed by atoms with van der Waals surface area (Å²) in [6.07, 6.45) is 0. The Bertz CT molecular complexity index is 1340. The number of nitrogens with zero attached hydrogens (tertiary/aromatic N) is 1. The van der Waals surface area contributed by atoms with Crippen LogP contribution < -0.4 is 14.9 Å². The van der Waals surface area contributed by atoms with Crippen LogP contribution in [-0.2, 0) is 14.8 Å². The normalized spacial score (nSPS) is 13.8. The third-order valence-electron chi connectivity index (χ3n) is 5.38. The summed E-state index contributed by atoms with van der Waals surface area (Å²) < 4.78 is 34.1. The summed E-state index contributed by atoms with van der Waals surface area (Å²) in [4.78, 5) is 26.2. The molecule has 0 aromatic heterocycles. The molecule has 3 aromatic carbocycles. The lowest BCUT2D eigenvalue weighted by Gasteiger charge is -2.28. The van der Waals surface area contributed by atoms with Crippen LogP contribution in [-0.4, -0.2) is 51.7 Å². The van der Waals surface area contributed by atoms with Gasteiger partial charge in [0.2, 0.25) is 0 Å². The molecule has 0 unspecified atom stereocenters. The van der Waals surface area contributed by atoms with Crippen molar-refractivity contribution >= 4 is 54.9 Å². The van der Waals surface area contributed by atoms with Crippen molar-refractivity contribution in [2.75, 3.05) is 41.2 Å². The summed E-state index contributed by atoms with van der Waals surface area (Å²) in [5.74, 6) is -1.75. The van der Waals surface area contributed by atoms with E-state index in [0.29, 0.717) is 23.4 Å². The zero-order chi connectivity index (χ0) is 25.0. The predicted octanol–water partition coefficient (Wildman–Crippen LogP) is 4.04. The first-order chi connectivity index (χ1) is 16.7. The lowest BCUT2D eigenvalue weighted by Crippen LogP contribution is -2.36. The third-order valence-corrected chi connectivity index (χ3v) is 7.27. The highest BCUT2D eigenvalue weighted by atomic mass is 79.9. The second kappa shape index (κ2) is 10.5. The van der Waals surface area contributed by atoms with E-state index in [1.165, 1.54) is 36.4 Å². The minimum Gasteiger partial charge on any atom is -0.478 e. The Morgan fingerprint density at radius 1 is 0.943 bits per heavy atom. The lowest BCUT2D eigenvalue weighted by molar-refractivity contribution is 0.0698. The number of carbonyl (C=O) groups is 2. The number of carboxylic acid groups (broad SMARTS) is 1.